The van der Waals surface area contributed by atoms with Crippen molar-refractivity contribution in [2.24, 2.45) is 0 Å². The van der Waals surface area contributed by atoms with Crippen molar-refractivity contribution in [2.75, 3.05) is 30.8 Å². The van der Waals surface area contributed by atoms with Gasteiger partial charge in [-0.05, 0) is 24.3 Å². The number of halogens is 2. The molecule has 1 saturated heterocycles. The zero-order chi connectivity index (χ0) is 19.6. The van der Waals surface area contributed by atoms with Crippen LogP contribution in [-0.2, 0) is 0 Å². The average molecular weight is 370 g/mol. The van der Waals surface area contributed by atoms with Crippen molar-refractivity contribution in [2.45, 2.75) is 6.17 Å². The van der Waals surface area contributed by atoms with Gasteiger partial charge in [0.05, 0.1) is 18.8 Å². The molecule has 1 aliphatic rings. The maximum absolute atomic E-state index is 14.3. The summed E-state index contributed by atoms with van der Waals surface area (Å²) in [7, 11) is 1.65. The third-order valence-electron chi connectivity index (χ3n) is 4.37. The highest BCUT2D eigenvalue weighted by Gasteiger charge is 2.27. The van der Waals surface area contributed by atoms with Gasteiger partial charge in [-0.2, -0.15) is 0 Å². The van der Waals surface area contributed by atoms with E-state index in [1.165, 1.54) is 12.3 Å². The minimum absolute atomic E-state index is 0.100. The number of pyridine rings is 1. The molecule has 0 unspecified atom stereocenters. The van der Waals surface area contributed by atoms with Crippen LogP contribution in [0.1, 0.15) is 16.7 Å². The smallest absolute Gasteiger partial charge is 0.135 e. The largest absolute Gasteiger partial charge is 0.398 e. The summed E-state index contributed by atoms with van der Waals surface area (Å²) in [5, 5.41) is 18.8. The minimum atomic E-state index is -0.858. The third kappa shape index (κ3) is 3.64. The Morgan fingerprint density at radius 3 is 2.70 bits per heavy atom. The number of anilines is 2. The topological polar surface area (TPSA) is 102 Å². The van der Waals surface area contributed by atoms with E-state index in [0.717, 1.165) is 12.3 Å². The van der Waals surface area contributed by atoms with Gasteiger partial charge in [-0.3, -0.25) is 5.41 Å². The lowest BCUT2D eigenvalue weighted by Crippen LogP contribution is -2.48. The lowest BCUT2D eigenvalue weighted by molar-refractivity contribution is 0.273. The Morgan fingerprint density at radius 2 is 2.07 bits per heavy atom. The first kappa shape index (κ1) is 18.5. The Kier molecular flexibility index (Phi) is 5.16. The van der Waals surface area contributed by atoms with Gasteiger partial charge in [-0.25, -0.2) is 13.8 Å². The number of benzene rings is 1. The number of allylic oxidation sites excluding steroid dienone is 1. The van der Waals surface area contributed by atoms with Gasteiger partial charge >= 0.3 is 0 Å². The van der Waals surface area contributed by atoms with Gasteiger partial charge in [-0.1, -0.05) is 0 Å². The van der Waals surface area contributed by atoms with Crippen LogP contribution in [-0.4, -0.2) is 43.2 Å². The first-order chi connectivity index (χ1) is 12.9. The Bertz CT molecular complexity index is 918. The molecule has 6 nitrogen and oxygen atoms in total. The van der Waals surface area contributed by atoms with Crippen molar-refractivity contribution < 1.29 is 8.78 Å². The molecule has 3 rings (SSSR count). The molecule has 27 heavy (non-hydrogen) atoms. The molecule has 0 spiro atoms. The van der Waals surface area contributed by atoms with E-state index in [0.29, 0.717) is 22.5 Å². The number of nitrogen functional groups attached to an aromatic ring is 1. The fraction of sp³-hybridized carbons (Fsp3) is 0.211. The highest BCUT2D eigenvalue weighted by Crippen LogP contribution is 2.27. The van der Waals surface area contributed by atoms with Crippen LogP contribution in [0.2, 0.25) is 0 Å². The zero-order valence-electron chi connectivity index (χ0n) is 14.8. The molecule has 8 heteroatoms. The Hall–Kier alpha value is -3.29. The predicted octanol–water partition coefficient (Wildman–Crippen LogP) is 2.59. The summed E-state index contributed by atoms with van der Waals surface area (Å²) >= 11 is 0. The van der Waals surface area contributed by atoms with Crippen molar-refractivity contribution >= 4 is 29.0 Å². The highest BCUT2D eigenvalue weighted by molar-refractivity contribution is 6.16. The van der Waals surface area contributed by atoms with E-state index in [2.05, 4.69) is 10.3 Å². The van der Waals surface area contributed by atoms with Crippen LogP contribution >= 0.6 is 0 Å². The molecule has 0 amide bonds. The molecule has 1 aromatic carbocycles. The molecule has 0 atom stereocenters. The first-order valence-corrected chi connectivity index (χ1v) is 8.36. The number of nitrogens with one attached hydrogen (secondary N) is 3. The number of nitrogens with two attached hydrogens (primary N) is 1. The summed E-state index contributed by atoms with van der Waals surface area (Å²) in [6, 6.07) is 5.96. The molecule has 140 valence electrons. The van der Waals surface area contributed by atoms with E-state index >= 15 is 0 Å². The molecule has 0 bridgehead atoms. The molecule has 0 saturated carbocycles. The lowest BCUT2D eigenvalue weighted by atomic mass is 9.96. The summed E-state index contributed by atoms with van der Waals surface area (Å²) in [4.78, 5) is 6.00. The fourth-order valence-electron chi connectivity index (χ4n) is 2.89. The molecule has 2 heterocycles. The van der Waals surface area contributed by atoms with Gasteiger partial charge in [0, 0.05) is 53.6 Å². The van der Waals surface area contributed by atoms with Gasteiger partial charge in [0.1, 0.15) is 17.8 Å². The number of hydrogen-bond acceptors (Lipinski definition) is 6. The molecule has 1 aliphatic heterocycles. The zero-order valence-corrected chi connectivity index (χ0v) is 14.8. The SMILES string of the molecule is CN/C=C(\C=N)c1cc(C(=N)c2ccnc(N3CC(F)C3)c2)c(N)cc1F. The van der Waals surface area contributed by atoms with E-state index in [4.69, 9.17) is 16.6 Å². The van der Waals surface area contributed by atoms with Crippen molar-refractivity contribution in [1.29, 1.82) is 10.8 Å². The van der Waals surface area contributed by atoms with Crippen LogP contribution in [0.5, 0.6) is 0 Å². The second kappa shape index (κ2) is 7.53. The number of hydrogen-bond donors (Lipinski definition) is 4. The van der Waals surface area contributed by atoms with E-state index in [1.807, 2.05) is 0 Å². The molecule has 0 radical (unpaired) electrons. The Labute approximate surface area is 155 Å². The third-order valence-corrected chi connectivity index (χ3v) is 4.37. The quantitative estimate of drug-likeness (QED) is 0.464. The van der Waals surface area contributed by atoms with E-state index in [-0.39, 0.29) is 30.1 Å². The van der Waals surface area contributed by atoms with E-state index < -0.39 is 12.0 Å². The number of rotatable bonds is 6. The molecule has 0 aliphatic carbocycles. The summed E-state index contributed by atoms with van der Waals surface area (Å²) in [5.41, 5.74) is 7.56. The van der Waals surface area contributed by atoms with Crippen LogP contribution in [0.3, 0.4) is 0 Å². The Morgan fingerprint density at radius 1 is 1.33 bits per heavy atom. The van der Waals surface area contributed by atoms with Gasteiger partial charge in [-0.15, -0.1) is 0 Å². The molecule has 1 aromatic heterocycles. The van der Waals surface area contributed by atoms with Crippen molar-refractivity contribution in [1.82, 2.24) is 10.3 Å². The normalized spacial score (nSPS) is 14.6. The van der Waals surface area contributed by atoms with Crippen LogP contribution in [0.4, 0.5) is 20.3 Å². The minimum Gasteiger partial charge on any atom is -0.398 e. The summed E-state index contributed by atoms with van der Waals surface area (Å²) in [5.74, 6) is 0.0151. The van der Waals surface area contributed by atoms with Gasteiger partial charge in [0.15, 0.2) is 0 Å². The predicted molar refractivity (Wildman–Crippen MR) is 104 cm³/mol. The first-order valence-electron chi connectivity index (χ1n) is 8.36. The maximum Gasteiger partial charge on any atom is 0.135 e. The summed E-state index contributed by atoms with van der Waals surface area (Å²) in [6.45, 7) is 0.564. The van der Waals surface area contributed by atoms with Crippen LogP contribution < -0.4 is 16.0 Å². The van der Waals surface area contributed by atoms with Crippen LogP contribution in [0.25, 0.3) is 5.57 Å². The summed E-state index contributed by atoms with van der Waals surface area (Å²) < 4.78 is 27.4. The van der Waals surface area contributed by atoms with E-state index in [9.17, 15) is 8.78 Å². The number of nitrogens with zero attached hydrogens (tertiary/aromatic N) is 2. The maximum atomic E-state index is 14.3. The second-order valence-electron chi connectivity index (χ2n) is 6.23. The highest BCUT2D eigenvalue weighted by atomic mass is 19.1. The van der Waals surface area contributed by atoms with Gasteiger partial charge in [0.25, 0.3) is 0 Å². The van der Waals surface area contributed by atoms with Crippen molar-refractivity contribution in [3.05, 3.63) is 59.2 Å². The van der Waals surface area contributed by atoms with Gasteiger partial charge < -0.3 is 21.4 Å². The molecule has 1 fully saturated rings. The second-order valence-corrected chi connectivity index (χ2v) is 6.23. The fourth-order valence-corrected chi connectivity index (χ4v) is 2.89. The molecule has 2 aromatic rings. The molecule has 5 N–H and O–H groups in total. The molecular formula is C19H20F2N6. The van der Waals surface area contributed by atoms with Gasteiger partial charge in [0.2, 0.25) is 0 Å². The number of alkyl halides is 1. The monoisotopic (exact) mass is 370 g/mol. The standard InChI is InChI=1S/C19H20F2N6/c1-25-8-12(7-22)14-5-15(17(23)6-16(14)21)19(24)11-2-3-26-18(4-11)27-9-13(20)10-27/h2-8,13,22,24-25H,9-10,23H2,1H3/b12-8+,22-7?,24-19?. The Balaban J connectivity index is 1.98. The summed E-state index contributed by atoms with van der Waals surface area (Å²) in [6.07, 6.45) is 3.22. The van der Waals surface area contributed by atoms with Crippen molar-refractivity contribution in [3.8, 4) is 0 Å². The van der Waals surface area contributed by atoms with Crippen molar-refractivity contribution in [3.63, 3.8) is 0 Å². The van der Waals surface area contributed by atoms with E-state index in [1.54, 1.807) is 30.3 Å². The number of aromatic nitrogens is 1. The molecular weight excluding hydrogens is 350 g/mol. The van der Waals surface area contributed by atoms with Crippen LogP contribution in [0, 0.1) is 16.6 Å². The lowest BCUT2D eigenvalue weighted by Gasteiger charge is -2.35. The average Bonchev–Trinajstić information content (AvgIpc) is 2.63. The van der Waals surface area contributed by atoms with Crippen LogP contribution in [0.15, 0.2) is 36.7 Å².